The highest BCUT2D eigenvalue weighted by Gasteiger charge is 2.17. The van der Waals surface area contributed by atoms with Crippen LogP contribution in [0.25, 0.3) is 28.2 Å². The number of rotatable bonds is 5. The smallest absolute Gasteiger partial charge is 0.274 e. The average Bonchev–Trinajstić information content (AvgIpc) is 3.43. The molecule has 0 radical (unpaired) electrons. The van der Waals surface area contributed by atoms with Crippen LogP contribution in [0.15, 0.2) is 79.1 Å². The van der Waals surface area contributed by atoms with Gasteiger partial charge in [-0.2, -0.15) is 5.10 Å². The molecule has 0 aliphatic carbocycles. The number of aromatic nitrogens is 4. The molecular formula is C26H23N5O2. The number of benzene rings is 2. The Morgan fingerprint density at radius 3 is 2.58 bits per heavy atom. The molecule has 0 saturated heterocycles. The minimum Gasteiger partial charge on any atom is -0.495 e. The number of anilines is 1. The molecule has 164 valence electrons. The Kier molecular flexibility index (Phi) is 5.14. The Morgan fingerprint density at radius 1 is 0.970 bits per heavy atom. The molecule has 0 aliphatic rings. The lowest BCUT2D eigenvalue weighted by atomic mass is 10.1. The summed E-state index contributed by atoms with van der Waals surface area (Å²) in [5, 5.41) is 7.47. The first-order valence-corrected chi connectivity index (χ1v) is 10.6. The van der Waals surface area contributed by atoms with Gasteiger partial charge in [0.15, 0.2) is 0 Å². The number of hydrogen-bond donors (Lipinski definition) is 1. The topological polar surface area (TPSA) is 73.5 Å². The van der Waals surface area contributed by atoms with Crippen LogP contribution in [-0.4, -0.2) is 32.2 Å². The van der Waals surface area contributed by atoms with Gasteiger partial charge in [0.25, 0.3) is 5.91 Å². The zero-order valence-corrected chi connectivity index (χ0v) is 18.6. The van der Waals surface area contributed by atoms with Gasteiger partial charge < -0.3 is 14.5 Å². The van der Waals surface area contributed by atoms with Crippen LogP contribution in [0.3, 0.4) is 0 Å². The van der Waals surface area contributed by atoms with Crippen LogP contribution in [-0.2, 0) is 7.05 Å². The monoisotopic (exact) mass is 437 g/mol. The maximum atomic E-state index is 13.1. The molecule has 0 bridgehead atoms. The molecule has 7 heteroatoms. The van der Waals surface area contributed by atoms with Gasteiger partial charge in [-0.3, -0.25) is 9.48 Å². The summed E-state index contributed by atoms with van der Waals surface area (Å²) in [6, 6.07) is 21.3. The van der Waals surface area contributed by atoms with Crippen LogP contribution in [0.4, 0.5) is 5.69 Å². The Morgan fingerprint density at radius 2 is 1.79 bits per heavy atom. The van der Waals surface area contributed by atoms with Crippen molar-refractivity contribution in [3.8, 4) is 28.3 Å². The third-order valence-electron chi connectivity index (χ3n) is 5.54. The first kappa shape index (κ1) is 20.5. The molecule has 33 heavy (non-hydrogen) atoms. The molecule has 2 aromatic carbocycles. The fraction of sp³-hybridized carbons (Fsp3) is 0.115. The van der Waals surface area contributed by atoms with E-state index in [1.165, 1.54) is 0 Å². The van der Waals surface area contributed by atoms with Crippen molar-refractivity contribution in [1.82, 2.24) is 19.2 Å². The number of nitrogens with zero attached hydrogens (tertiary/aromatic N) is 4. The van der Waals surface area contributed by atoms with Gasteiger partial charge in [0.05, 0.1) is 24.2 Å². The molecule has 5 rings (SSSR count). The van der Waals surface area contributed by atoms with Gasteiger partial charge in [-0.25, -0.2) is 4.98 Å². The number of carbonyl (C=O) groups is 1. The zero-order chi connectivity index (χ0) is 22.9. The molecule has 3 aromatic heterocycles. The Hall–Kier alpha value is -4.39. The minimum absolute atomic E-state index is 0.270. The third-order valence-corrected chi connectivity index (χ3v) is 5.54. The van der Waals surface area contributed by atoms with Crippen LogP contribution in [0, 0.1) is 6.92 Å². The van der Waals surface area contributed by atoms with Crippen LogP contribution < -0.4 is 10.1 Å². The highest BCUT2D eigenvalue weighted by atomic mass is 16.5. The van der Waals surface area contributed by atoms with Crippen molar-refractivity contribution in [1.29, 1.82) is 0 Å². The molecule has 0 aliphatic heterocycles. The van der Waals surface area contributed by atoms with Crippen LogP contribution in [0.2, 0.25) is 0 Å². The molecule has 3 heterocycles. The van der Waals surface area contributed by atoms with E-state index in [0.29, 0.717) is 17.1 Å². The number of imidazole rings is 1. The van der Waals surface area contributed by atoms with Crippen molar-refractivity contribution in [2.24, 2.45) is 7.05 Å². The normalized spacial score (nSPS) is 11.0. The van der Waals surface area contributed by atoms with Crippen molar-refractivity contribution in [3.05, 3.63) is 90.4 Å². The summed E-state index contributed by atoms with van der Waals surface area (Å²) < 4.78 is 9.05. The SMILES string of the molecule is COc1ccc(-c2cn3ccc(C)cc3n2)cc1NC(=O)c1cc(-c2ccccc2)nn1C. The fourth-order valence-electron chi connectivity index (χ4n) is 3.80. The first-order valence-electron chi connectivity index (χ1n) is 10.6. The highest BCUT2D eigenvalue weighted by Crippen LogP contribution is 2.31. The van der Waals surface area contributed by atoms with Crippen molar-refractivity contribution in [3.63, 3.8) is 0 Å². The van der Waals surface area contributed by atoms with E-state index >= 15 is 0 Å². The number of ether oxygens (including phenoxy) is 1. The van der Waals surface area contributed by atoms with E-state index in [9.17, 15) is 4.79 Å². The predicted octanol–water partition coefficient (Wildman–Crippen LogP) is 4.97. The number of carbonyl (C=O) groups excluding carboxylic acids is 1. The molecule has 7 nitrogen and oxygen atoms in total. The molecule has 1 amide bonds. The molecule has 5 aromatic rings. The van der Waals surface area contributed by atoms with Gasteiger partial charge in [-0.15, -0.1) is 0 Å². The Bertz CT molecular complexity index is 1470. The van der Waals surface area contributed by atoms with E-state index in [1.807, 2.05) is 84.4 Å². The summed E-state index contributed by atoms with van der Waals surface area (Å²) in [5.74, 6) is 0.297. The second-order valence-corrected chi connectivity index (χ2v) is 7.87. The van der Waals surface area contributed by atoms with E-state index < -0.39 is 0 Å². The highest BCUT2D eigenvalue weighted by molar-refractivity contribution is 6.04. The lowest BCUT2D eigenvalue weighted by Crippen LogP contribution is -2.16. The minimum atomic E-state index is -0.270. The summed E-state index contributed by atoms with van der Waals surface area (Å²) in [5.41, 5.74) is 6.41. The first-order chi connectivity index (χ1) is 16.0. The maximum absolute atomic E-state index is 13.1. The summed E-state index contributed by atoms with van der Waals surface area (Å²) >= 11 is 0. The number of hydrogen-bond acceptors (Lipinski definition) is 4. The van der Waals surface area contributed by atoms with E-state index in [1.54, 1.807) is 24.9 Å². The lowest BCUT2D eigenvalue weighted by molar-refractivity contribution is 0.101. The van der Waals surface area contributed by atoms with E-state index in [0.717, 1.165) is 33.7 Å². The second-order valence-electron chi connectivity index (χ2n) is 7.87. The number of methoxy groups -OCH3 is 1. The molecule has 1 N–H and O–H groups in total. The second kappa shape index (κ2) is 8.27. The summed E-state index contributed by atoms with van der Waals surface area (Å²) in [4.78, 5) is 17.9. The molecule has 0 fully saturated rings. The molecule has 0 saturated carbocycles. The Balaban J connectivity index is 1.46. The van der Waals surface area contributed by atoms with Crippen molar-refractivity contribution < 1.29 is 9.53 Å². The molecule has 0 atom stereocenters. The maximum Gasteiger partial charge on any atom is 0.274 e. The van der Waals surface area contributed by atoms with Crippen molar-refractivity contribution in [2.75, 3.05) is 12.4 Å². The van der Waals surface area contributed by atoms with Gasteiger partial charge in [0.2, 0.25) is 0 Å². The van der Waals surface area contributed by atoms with Crippen LogP contribution in [0.5, 0.6) is 5.75 Å². The van der Waals surface area contributed by atoms with Gasteiger partial charge >= 0.3 is 0 Å². The number of nitrogens with one attached hydrogen (secondary N) is 1. The summed E-state index contributed by atoms with van der Waals surface area (Å²) in [6.07, 6.45) is 3.95. The van der Waals surface area contributed by atoms with Crippen LogP contribution in [0.1, 0.15) is 16.1 Å². The van der Waals surface area contributed by atoms with Gasteiger partial charge in [-0.05, 0) is 48.9 Å². The number of fused-ring (bicyclic) bond motifs is 1. The van der Waals surface area contributed by atoms with E-state index in [4.69, 9.17) is 9.72 Å². The van der Waals surface area contributed by atoms with E-state index in [-0.39, 0.29) is 5.91 Å². The lowest BCUT2D eigenvalue weighted by Gasteiger charge is -2.11. The quantitative estimate of drug-likeness (QED) is 0.421. The summed E-state index contributed by atoms with van der Waals surface area (Å²) in [7, 11) is 3.34. The van der Waals surface area contributed by atoms with Crippen LogP contribution >= 0.6 is 0 Å². The number of aryl methyl sites for hydroxylation is 2. The zero-order valence-electron chi connectivity index (χ0n) is 18.6. The van der Waals surface area contributed by atoms with Gasteiger partial charge in [0, 0.05) is 30.6 Å². The van der Waals surface area contributed by atoms with Gasteiger partial charge in [-0.1, -0.05) is 30.3 Å². The summed E-state index contributed by atoms with van der Waals surface area (Å²) in [6.45, 7) is 2.04. The largest absolute Gasteiger partial charge is 0.495 e. The van der Waals surface area contributed by atoms with Crippen molar-refractivity contribution >= 4 is 17.2 Å². The standard InChI is InChI=1S/C26H23N5O2/c1-17-11-12-31-16-22(27-25(31)13-17)19-9-10-24(33-3)21(14-19)28-26(32)23-15-20(29-30(23)2)18-7-5-4-6-8-18/h4-16H,1-3H3,(H,28,32). The molecule has 0 unspecified atom stereocenters. The third kappa shape index (κ3) is 3.96. The molecule has 0 spiro atoms. The van der Waals surface area contributed by atoms with Crippen molar-refractivity contribution in [2.45, 2.75) is 6.92 Å². The van der Waals surface area contributed by atoms with Gasteiger partial charge in [0.1, 0.15) is 17.1 Å². The Labute approximate surface area is 191 Å². The van der Waals surface area contributed by atoms with E-state index in [2.05, 4.69) is 10.4 Å². The number of pyridine rings is 1. The fourth-order valence-corrected chi connectivity index (χ4v) is 3.80. The molecular weight excluding hydrogens is 414 g/mol. The number of amides is 1. The average molecular weight is 438 g/mol. The predicted molar refractivity (Wildman–Crippen MR) is 129 cm³/mol.